The van der Waals surface area contributed by atoms with Crippen molar-refractivity contribution >= 4 is 21.8 Å². The van der Waals surface area contributed by atoms with Crippen molar-refractivity contribution in [2.45, 2.75) is 33.1 Å². The van der Waals surface area contributed by atoms with Crippen LogP contribution in [0.15, 0.2) is 29.3 Å². The van der Waals surface area contributed by atoms with Gasteiger partial charge in [0, 0.05) is 21.6 Å². The largest absolute Gasteiger partial charge is 0.392 e. The van der Waals surface area contributed by atoms with Gasteiger partial charge in [-0.1, -0.05) is 28.1 Å². The molecule has 4 nitrogen and oxygen atoms in total. The van der Waals surface area contributed by atoms with Crippen molar-refractivity contribution < 1.29 is 14.6 Å². The van der Waals surface area contributed by atoms with Gasteiger partial charge in [-0.25, -0.2) is 0 Å². The molecule has 1 amide bonds. The van der Waals surface area contributed by atoms with Crippen LogP contribution in [0.1, 0.15) is 35.3 Å². The predicted octanol–water partition coefficient (Wildman–Crippen LogP) is 2.78. The summed E-state index contributed by atoms with van der Waals surface area (Å²) in [5, 5.41) is 12.2. The van der Waals surface area contributed by atoms with Crippen LogP contribution in [0, 0.1) is 0 Å². The molecule has 0 radical (unpaired) electrons. The molecule has 0 aliphatic carbocycles. The smallest absolute Gasteiger partial charge is 0.251 e. The van der Waals surface area contributed by atoms with Crippen molar-refractivity contribution in [3.63, 3.8) is 0 Å². The summed E-state index contributed by atoms with van der Waals surface area (Å²) in [6.45, 7) is 7.99. The van der Waals surface area contributed by atoms with Gasteiger partial charge in [-0.3, -0.25) is 4.79 Å². The first-order valence-electron chi connectivity index (χ1n) is 6.41. The summed E-state index contributed by atoms with van der Waals surface area (Å²) in [7, 11) is 0. The maximum atomic E-state index is 12.2. The molecular formula is C15H20BrNO3. The number of rotatable bonds is 7. The Hall–Kier alpha value is -1.17. The molecule has 0 saturated carbocycles. The zero-order valence-electron chi connectivity index (χ0n) is 11.8. The standard InChI is InChI=1S/C15H20BrNO3/c1-4-7-20-9-13-12(15(19)17-10(2)3)6-5-11(8-18)14(13)16/h4-6,10,18H,1,7-9H2,2-3H3,(H,17,19). The number of hydrogen-bond acceptors (Lipinski definition) is 3. The highest BCUT2D eigenvalue weighted by Crippen LogP contribution is 2.26. The van der Waals surface area contributed by atoms with Gasteiger partial charge in [0.2, 0.25) is 0 Å². The van der Waals surface area contributed by atoms with Crippen LogP contribution in [-0.4, -0.2) is 23.7 Å². The summed E-state index contributed by atoms with van der Waals surface area (Å²) >= 11 is 3.43. The van der Waals surface area contributed by atoms with E-state index in [9.17, 15) is 9.90 Å². The summed E-state index contributed by atoms with van der Waals surface area (Å²) in [4.78, 5) is 12.2. The van der Waals surface area contributed by atoms with Gasteiger partial charge in [-0.05, 0) is 25.5 Å². The lowest BCUT2D eigenvalue weighted by atomic mass is 10.0. The fraction of sp³-hybridized carbons (Fsp3) is 0.400. The highest BCUT2D eigenvalue weighted by atomic mass is 79.9. The molecule has 0 fully saturated rings. The van der Waals surface area contributed by atoms with Crippen LogP contribution in [0.3, 0.4) is 0 Å². The number of aliphatic hydroxyl groups excluding tert-OH is 1. The monoisotopic (exact) mass is 341 g/mol. The number of ether oxygens (including phenoxy) is 1. The van der Waals surface area contributed by atoms with Crippen LogP contribution in [0.25, 0.3) is 0 Å². The Morgan fingerprint density at radius 1 is 1.55 bits per heavy atom. The van der Waals surface area contributed by atoms with Crippen LogP contribution in [0.2, 0.25) is 0 Å². The van der Waals surface area contributed by atoms with Gasteiger partial charge in [0.15, 0.2) is 0 Å². The van der Waals surface area contributed by atoms with Crippen molar-refractivity contribution in [1.82, 2.24) is 5.32 Å². The number of carbonyl (C=O) groups is 1. The third-order valence-electron chi connectivity index (χ3n) is 2.64. The number of amides is 1. The molecule has 0 bridgehead atoms. The molecule has 0 atom stereocenters. The Morgan fingerprint density at radius 2 is 2.25 bits per heavy atom. The zero-order chi connectivity index (χ0) is 15.1. The first-order chi connectivity index (χ1) is 9.51. The highest BCUT2D eigenvalue weighted by molar-refractivity contribution is 9.10. The molecule has 0 unspecified atom stereocenters. The first-order valence-corrected chi connectivity index (χ1v) is 7.21. The van der Waals surface area contributed by atoms with E-state index in [1.54, 1.807) is 18.2 Å². The van der Waals surface area contributed by atoms with Gasteiger partial charge in [-0.2, -0.15) is 0 Å². The van der Waals surface area contributed by atoms with E-state index in [1.807, 2.05) is 13.8 Å². The van der Waals surface area contributed by atoms with E-state index in [4.69, 9.17) is 4.74 Å². The van der Waals surface area contributed by atoms with Crippen LogP contribution < -0.4 is 5.32 Å². The van der Waals surface area contributed by atoms with Crippen molar-refractivity contribution in [3.8, 4) is 0 Å². The average molecular weight is 342 g/mol. The van der Waals surface area contributed by atoms with Gasteiger partial charge in [-0.15, -0.1) is 6.58 Å². The molecule has 0 aliphatic rings. The predicted molar refractivity (Wildman–Crippen MR) is 82.5 cm³/mol. The molecule has 2 N–H and O–H groups in total. The Bertz CT molecular complexity index is 486. The number of carbonyl (C=O) groups excluding carboxylic acids is 1. The Labute approximate surface area is 128 Å². The van der Waals surface area contributed by atoms with Crippen molar-refractivity contribution in [2.75, 3.05) is 6.61 Å². The lowest BCUT2D eigenvalue weighted by Gasteiger charge is -2.15. The van der Waals surface area contributed by atoms with E-state index in [0.717, 1.165) is 11.1 Å². The van der Waals surface area contributed by atoms with Crippen molar-refractivity contribution in [3.05, 3.63) is 46.0 Å². The van der Waals surface area contributed by atoms with Gasteiger partial charge in [0.25, 0.3) is 5.91 Å². The second-order valence-electron chi connectivity index (χ2n) is 4.65. The fourth-order valence-electron chi connectivity index (χ4n) is 1.73. The van der Waals surface area contributed by atoms with Crippen LogP contribution in [0.4, 0.5) is 0 Å². The third-order valence-corrected chi connectivity index (χ3v) is 3.63. The van der Waals surface area contributed by atoms with Gasteiger partial charge >= 0.3 is 0 Å². The lowest BCUT2D eigenvalue weighted by molar-refractivity contribution is 0.0935. The van der Waals surface area contributed by atoms with Crippen LogP contribution in [0.5, 0.6) is 0 Å². The third kappa shape index (κ3) is 4.44. The summed E-state index contributed by atoms with van der Waals surface area (Å²) < 4.78 is 6.14. The number of benzene rings is 1. The van der Waals surface area contributed by atoms with E-state index < -0.39 is 0 Å². The molecule has 0 saturated heterocycles. The Kier molecular flexibility index (Phi) is 6.91. The van der Waals surface area contributed by atoms with Gasteiger partial charge in [0.05, 0.1) is 19.8 Å². The van der Waals surface area contributed by atoms with Gasteiger partial charge < -0.3 is 15.2 Å². The molecule has 5 heteroatoms. The molecule has 1 aromatic rings. The van der Waals surface area contributed by atoms with E-state index in [2.05, 4.69) is 27.8 Å². The SMILES string of the molecule is C=CCOCc1c(C(=O)NC(C)C)ccc(CO)c1Br. The number of halogens is 1. The molecular weight excluding hydrogens is 322 g/mol. The average Bonchev–Trinajstić information content (AvgIpc) is 2.39. The van der Waals surface area contributed by atoms with E-state index >= 15 is 0 Å². The van der Waals surface area contributed by atoms with E-state index in [-0.39, 0.29) is 25.2 Å². The van der Waals surface area contributed by atoms with Crippen molar-refractivity contribution in [1.29, 1.82) is 0 Å². The maximum Gasteiger partial charge on any atom is 0.251 e. The summed E-state index contributed by atoms with van der Waals surface area (Å²) in [6.07, 6.45) is 1.65. The van der Waals surface area contributed by atoms with Crippen LogP contribution in [-0.2, 0) is 18.0 Å². The molecule has 0 spiro atoms. The minimum atomic E-state index is -0.151. The van der Waals surface area contributed by atoms with E-state index in [0.29, 0.717) is 16.6 Å². The molecule has 110 valence electrons. The maximum absolute atomic E-state index is 12.2. The lowest BCUT2D eigenvalue weighted by Crippen LogP contribution is -2.31. The number of nitrogens with one attached hydrogen (secondary N) is 1. The highest BCUT2D eigenvalue weighted by Gasteiger charge is 2.17. The quantitative estimate of drug-likeness (QED) is 0.592. The Balaban J connectivity index is 3.11. The number of aliphatic hydroxyl groups is 1. The minimum absolute atomic E-state index is 0.0562. The van der Waals surface area contributed by atoms with Crippen LogP contribution >= 0.6 is 15.9 Å². The molecule has 20 heavy (non-hydrogen) atoms. The van der Waals surface area contributed by atoms with Gasteiger partial charge in [0.1, 0.15) is 0 Å². The first kappa shape index (κ1) is 16.9. The second-order valence-corrected chi connectivity index (χ2v) is 5.45. The van der Waals surface area contributed by atoms with E-state index in [1.165, 1.54) is 0 Å². The minimum Gasteiger partial charge on any atom is -0.392 e. The molecule has 1 aromatic carbocycles. The topological polar surface area (TPSA) is 58.6 Å². The van der Waals surface area contributed by atoms with Crippen molar-refractivity contribution in [2.24, 2.45) is 0 Å². The molecule has 1 rings (SSSR count). The normalized spacial score (nSPS) is 10.7. The summed E-state index contributed by atoms with van der Waals surface area (Å²) in [5.74, 6) is -0.151. The number of hydrogen-bond donors (Lipinski definition) is 2. The Morgan fingerprint density at radius 3 is 2.80 bits per heavy atom. The molecule has 0 heterocycles. The molecule has 0 aromatic heterocycles. The molecule has 0 aliphatic heterocycles. The summed E-state index contributed by atoms with van der Waals surface area (Å²) in [5.41, 5.74) is 2.01. The fourth-order valence-corrected chi connectivity index (χ4v) is 2.32. The summed E-state index contributed by atoms with van der Waals surface area (Å²) in [6, 6.07) is 3.50. The second kappa shape index (κ2) is 8.19. The zero-order valence-corrected chi connectivity index (χ0v) is 13.4.